The minimum atomic E-state index is 0.655. The van der Waals surface area contributed by atoms with Crippen molar-refractivity contribution in [1.29, 1.82) is 5.26 Å². The zero-order valence-electron chi connectivity index (χ0n) is 10.4. The van der Waals surface area contributed by atoms with Crippen molar-refractivity contribution in [2.75, 3.05) is 0 Å². The summed E-state index contributed by atoms with van der Waals surface area (Å²) in [4.78, 5) is 0. The molecule has 2 aromatic rings. The molecule has 0 aliphatic heterocycles. The SMILES string of the molecule is CC.N#Cc1cccc(-c2cccc(OBr)c2)c1. The molecule has 92 valence electrons. The van der Waals surface area contributed by atoms with Gasteiger partial charge < -0.3 is 3.83 Å². The lowest BCUT2D eigenvalue weighted by Gasteiger charge is -2.03. The van der Waals surface area contributed by atoms with E-state index in [-0.39, 0.29) is 0 Å². The standard InChI is InChI=1S/C13H8BrNO.C2H6/c14-16-13-6-2-5-12(8-13)11-4-1-3-10(7-11)9-15;1-2/h1-8H;1-2H3. The summed E-state index contributed by atoms with van der Waals surface area (Å²) < 4.78 is 4.98. The molecular formula is C15H14BrNO. The first-order valence-electron chi connectivity index (χ1n) is 5.72. The van der Waals surface area contributed by atoms with E-state index < -0.39 is 0 Å². The van der Waals surface area contributed by atoms with Crippen molar-refractivity contribution >= 4 is 16.3 Å². The highest BCUT2D eigenvalue weighted by molar-refractivity contribution is 9.06. The van der Waals surface area contributed by atoms with Gasteiger partial charge in [-0.2, -0.15) is 5.26 Å². The summed E-state index contributed by atoms with van der Waals surface area (Å²) in [5.41, 5.74) is 2.68. The van der Waals surface area contributed by atoms with Crippen LogP contribution >= 0.6 is 16.3 Å². The van der Waals surface area contributed by atoms with E-state index in [1.165, 1.54) is 0 Å². The molecule has 0 amide bonds. The third-order valence-corrected chi connectivity index (χ3v) is 2.62. The lowest BCUT2D eigenvalue weighted by atomic mass is 10.0. The van der Waals surface area contributed by atoms with E-state index in [1.807, 2.05) is 56.3 Å². The summed E-state index contributed by atoms with van der Waals surface area (Å²) in [6.07, 6.45) is 0. The van der Waals surface area contributed by atoms with Gasteiger partial charge in [-0.15, -0.1) is 0 Å². The molecule has 0 aliphatic rings. The third kappa shape index (κ3) is 3.61. The van der Waals surface area contributed by atoms with E-state index in [2.05, 4.69) is 22.3 Å². The normalized spacial score (nSPS) is 8.78. The van der Waals surface area contributed by atoms with E-state index in [0.717, 1.165) is 16.9 Å². The zero-order chi connectivity index (χ0) is 13.4. The van der Waals surface area contributed by atoms with Gasteiger partial charge in [-0.1, -0.05) is 38.1 Å². The Bertz CT molecular complexity index is 546. The van der Waals surface area contributed by atoms with Crippen LogP contribution in [0.15, 0.2) is 48.5 Å². The Kier molecular flexibility index (Phi) is 5.96. The van der Waals surface area contributed by atoms with Crippen LogP contribution in [0.25, 0.3) is 11.1 Å². The lowest BCUT2D eigenvalue weighted by Crippen LogP contribution is -1.81. The van der Waals surface area contributed by atoms with E-state index in [9.17, 15) is 0 Å². The molecule has 18 heavy (non-hydrogen) atoms. The summed E-state index contributed by atoms with van der Waals surface area (Å²) >= 11 is 2.94. The van der Waals surface area contributed by atoms with Crippen LogP contribution in [-0.2, 0) is 0 Å². The maximum absolute atomic E-state index is 8.83. The van der Waals surface area contributed by atoms with Gasteiger partial charge >= 0.3 is 0 Å². The van der Waals surface area contributed by atoms with Gasteiger partial charge in [0.2, 0.25) is 0 Å². The molecule has 0 radical (unpaired) electrons. The van der Waals surface area contributed by atoms with Crippen molar-refractivity contribution in [3.63, 3.8) is 0 Å². The summed E-state index contributed by atoms with van der Waals surface area (Å²) in [6.45, 7) is 4.00. The number of rotatable bonds is 2. The van der Waals surface area contributed by atoms with Crippen LogP contribution in [0, 0.1) is 11.3 Å². The Morgan fingerprint density at radius 1 is 1.00 bits per heavy atom. The first kappa shape index (κ1) is 14.3. The number of halogens is 1. The van der Waals surface area contributed by atoms with E-state index in [0.29, 0.717) is 5.56 Å². The Hall–Kier alpha value is -1.79. The number of benzene rings is 2. The molecule has 0 N–H and O–H groups in total. The molecule has 0 atom stereocenters. The van der Waals surface area contributed by atoms with Crippen LogP contribution in [0.4, 0.5) is 0 Å². The highest BCUT2D eigenvalue weighted by atomic mass is 79.9. The van der Waals surface area contributed by atoms with Crippen molar-refractivity contribution < 1.29 is 3.83 Å². The molecule has 0 heterocycles. The van der Waals surface area contributed by atoms with Crippen molar-refractivity contribution in [2.24, 2.45) is 0 Å². The van der Waals surface area contributed by atoms with Gasteiger partial charge in [0.1, 0.15) is 5.75 Å². The minimum absolute atomic E-state index is 0.655. The average Bonchev–Trinajstić information content (AvgIpc) is 2.49. The minimum Gasteiger partial charge on any atom is -0.418 e. The first-order chi connectivity index (χ1) is 8.83. The van der Waals surface area contributed by atoms with Crippen LogP contribution in [0.3, 0.4) is 0 Å². The van der Waals surface area contributed by atoms with Crippen molar-refractivity contribution in [1.82, 2.24) is 0 Å². The van der Waals surface area contributed by atoms with Gasteiger partial charge in [0, 0.05) is 0 Å². The Labute approximate surface area is 116 Å². The fourth-order valence-electron chi connectivity index (χ4n) is 1.49. The molecule has 0 aromatic heterocycles. The van der Waals surface area contributed by atoms with Crippen LogP contribution in [0.1, 0.15) is 19.4 Å². The van der Waals surface area contributed by atoms with Crippen molar-refractivity contribution in [2.45, 2.75) is 13.8 Å². The second-order valence-corrected chi connectivity index (χ2v) is 3.62. The fraction of sp³-hybridized carbons (Fsp3) is 0.133. The van der Waals surface area contributed by atoms with Gasteiger partial charge in [0.25, 0.3) is 0 Å². The second kappa shape index (κ2) is 7.52. The van der Waals surface area contributed by atoms with Gasteiger partial charge in [-0.25, -0.2) is 0 Å². The Balaban J connectivity index is 0.000000771. The van der Waals surface area contributed by atoms with Crippen LogP contribution in [0.2, 0.25) is 0 Å². The predicted octanol–water partition coefficient (Wildman–Crippen LogP) is 4.94. The topological polar surface area (TPSA) is 33.0 Å². The summed E-state index contributed by atoms with van der Waals surface area (Å²) in [5.74, 6) is 0.736. The molecule has 0 saturated heterocycles. The number of nitrogens with zero attached hydrogens (tertiary/aromatic N) is 1. The molecule has 0 aliphatic carbocycles. The summed E-state index contributed by atoms with van der Waals surface area (Å²) in [7, 11) is 0. The van der Waals surface area contributed by atoms with Gasteiger partial charge in [-0.3, -0.25) is 0 Å². The van der Waals surface area contributed by atoms with E-state index in [1.54, 1.807) is 6.07 Å². The first-order valence-corrected chi connectivity index (χ1v) is 6.37. The maximum atomic E-state index is 8.83. The molecule has 0 unspecified atom stereocenters. The number of hydrogen-bond donors (Lipinski definition) is 0. The smallest absolute Gasteiger partial charge is 0.179 e. The highest BCUT2D eigenvalue weighted by Crippen LogP contribution is 2.25. The zero-order valence-corrected chi connectivity index (χ0v) is 11.9. The Morgan fingerprint density at radius 3 is 2.22 bits per heavy atom. The molecule has 0 bridgehead atoms. The van der Waals surface area contributed by atoms with E-state index in [4.69, 9.17) is 9.09 Å². The van der Waals surface area contributed by atoms with Crippen LogP contribution in [0.5, 0.6) is 5.75 Å². The van der Waals surface area contributed by atoms with Gasteiger partial charge in [0.15, 0.2) is 16.3 Å². The highest BCUT2D eigenvalue weighted by Gasteiger charge is 2.00. The van der Waals surface area contributed by atoms with Crippen molar-refractivity contribution in [3.05, 3.63) is 54.1 Å². The van der Waals surface area contributed by atoms with Crippen LogP contribution < -0.4 is 3.83 Å². The van der Waals surface area contributed by atoms with Gasteiger partial charge in [0.05, 0.1) is 11.6 Å². The summed E-state index contributed by atoms with van der Waals surface area (Å²) in [6, 6.07) is 17.3. The molecule has 2 nitrogen and oxygen atoms in total. The number of hydrogen-bond acceptors (Lipinski definition) is 2. The predicted molar refractivity (Wildman–Crippen MR) is 77.5 cm³/mol. The largest absolute Gasteiger partial charge is 0.418 e. The molecule has 2 rings (SSSR count). The third-order valence-electron chi connectivity index (χ3n) is 2.25. The Morgan fingerprint density at radius 2 is 1.61 bits per heavy atom. The summed E-state index contributed by atoms with van der Waals surface area (Å²) in [5, 5.41) is 8.83. The van der Waals surface area contributed by atoms with Crippen molar-refractivity contribution in [3.8, 4) is 22.9 Å². The van der Waals surface area contributed by atoms with E-state index >= 15 is 0 Å². The lowest BCUT2D eigenvalue weighted by molar-refractivity contribution is 0.679. The number of nitriles is 1. The maximum Gasteiger partial charge on any atom is 0.179 e. The second-order valence-electron chi connectivity index (χ2n) is 3.30. The monoisotopic (exact) mass is 303 g/mol. The molecule has 0 spiro atoms. The average molecular weight is 304 g/mol. The fourth-order valence-corrected chi connectivity index (χ4v) is 1.69. The molecule has 0 saturated carbocycles. The molecule has 0 fully saturated rings. The molecule has 2 aromatic carbocycles. The van der Waals surface area contributed by atoms with Crippen LogP contribution in [-0.4, -0.2) is 0 Å². The quantitative estimate of drug-likeness (QED) is 0.787. The molecular weight excluding hydrogens is 290 g/mol. The molecule has 3 heteroatoms. The van der Waals surface area contributed by atoms with Gasteiger partial charge in [-0.05, 0) is 35.4 Å².